The van der Waals surface area contributed by atoms with E-state index >= 15 is 0 Å². The summed E-state index contributed by atoms with van der Waals surface area (Å²) in [5.41, 5.74) is 2.66. The molecule has 152 valence electrons. The standard InChI is InChI=1S/C23H20N2O5/c26-22(8-4-1-5-15-9-10-20-21(11-15)30-14-29-20)25-19(23(27)28)12-16-13-24-18-7-3-2-6-17(16)18/h1-11,13,19,24H,12,14H2,(H,25,26)(H,27,28)/b5-1+,8-4+. The fraction of sp³-hybridized carbons (Fsp3) is 0.130. The lowest BCUT2D eigenvalue weighted by Crippen LogP contribution is -2.41. The van der Waals surface area contributed by atoms with Gasteiger partial charge in [0.2, 0.25) is 12.7 Å². The fourth-order valence-electron chi connectivity index (χ4n) is 3.27. The van der Waals surface area contributed by atoms with Gasteiger partial charge in [-0.3, -0.25) is 4.79 Å². The highest BCUT2D eigenvalue weighted by Crippen LogP contribution is 2.32. The number of para-hydroxylation sites is 1. The van der Waals surface area contributed by atoms with Gasteiger partial charge in [0.15, 0.2) is 11.5 Å². The van der Waals surface area contributed by atoms with E-state index in [1.165, 1.54) is 6.08 Å². The maximum atomic E-state index is 12.2. The summed E-state index contributed by atoms with van der Waals surface area (Å²) in [7, 11) is 0. The van der Waals surface area contributed by atoms with E-state index < -0.39 is 17.9 Å². The second kappa shape index (κ2) is 8.57. The molecule has 2 heterocycles. The predicted octanol–water partition coefficient (Wildman–Crippen LogP) is 3.28. The Balaban J connectivity index is 1.36. The lowest BCUT2D eigenvalue weighted by atomic mass is 10.0. The van der Waals surface area contributed by atoms with Gasteiger partial charge < -0.3 is 24.9 Å². The Morgan fingerprint density at radius 1 is 1.13 bits per heavy atom. The molecule has 1 aromatic heterocycles. The van der Waals surface area contributed by atoms with E-state index in [4.69, 9.17) is 9.47 Å². The molecule has 0 bridgehead atoms. The summed E-state index contributed by atoms with van der Waals surface area (Å²) in [5.74, 6) is -0.173. The molecule has 7 nitrogen and oxygen atoms in total. The molecule has 3 aromatic rings. The van der Waals surface area contributed by atoms with Gasteiger partial charge in [0.1, 0.15) is 6.04 Å². The van der Waals surface area contributed by atoms with Gasteiger partial charge in [-0.05, 0) is 29.3 Å². The van der Waals surface area contributed by atoms with E-state index in [0.29, 0.717) is 11.5 Å². The molecule has 4 rings (SSSR count). The van der Waals surface area contributed by atoms with E-state index in [-0.39, 0.29) is 13.2 Å². The first-order chi connectivity index (χ1) is 14.6. The number of carbonyl (C=O) groups is 2. The topological polar surface area (TPSA) is 101 Å². The minimum atomic E-state index is -1.09. The normalized spacial score (nSPS) is 13.9. The van der Waals surface area contributed by atoms with E-state index in [1.807, 2.05) is 48.5 Å². The summed E-state index contributed by atoms with van der Waals surface area (Å²) in [6.07, 6.45) is 8.33. The first-order valence-corrected chi connectivity index (χ1v) is 9.43. The predicted molar refractivity (Wildman–Crippen MR) is 112 cm³/mol. The Labute approximate surface area is 172 Å². The van der Waals surface area contributed by atoms with E-state index in [2.05, 4.69) is 10.3 Å². The van der Waals surface area contributed by atoms with Gasteiger partial charge >= 0.3 is 5.97 Å². The number of hydrogen-bond donors (Lipinski definition) is 3. The number of carbonyl (C=O) groups excluding carboxylic acids is 1. The number of hydrogen-bond acceptors (Lipinski definition) is 4. The van der Waals surface area contributed by atoms with Crippen LogP contribution in [0.15, 0.2) is 66.9 Å². The third-order valence-electron chi connectivity index (χ3n) is 4.76. The molecule has 0 saturated carbocycles. The number of fused-ring (bicyclic) bond motifs is 2. The summed E-state index contributed by atoms with van der Waals surface area (Å²) in [5, 5.41) is 13.0. The molecule has 1 atom stereocenters. The number of ether oxygens (including phenoxy) is 2. The molecule has 1 unspecified atom stereocenters. The number of aliphatic carboxylic acids is 1. The second-order valence-electron chi connectivity index (χ2n) is 6.79. The Bertz CT molecular complexity index is 1150. The first-order valence-electron chi connectivity index (χ1n) is 9.43. The molecule has 2 aromatic carbocycles. The molecule has 30 heavy (non-hydrogen) atoms. The van der Waals surface area contributed by atoms with Crippen molar-refractivity contribution in [2.24, 2.45) is 0 Å². The molecule has 1 aliphatic heterocycles. The van der Waals surface area contributed by atoms with E-state index in [9.17, 15) is 14.7 Å². The summed E-state index contributed by atoms with van der Waals surface area (Å²) < 4.78 is 10.6. The monoisotopic (exact) mass is 404 g/mol. The van der Waals surface area contributed by atoms with Crippen LogP contribution in [-0.4, -0.2) is 34.8 Å². The Hall–Kier alpha value is -4.00. The summed E-state index contributed by atoms with van der Waals surface area (Å²) in [6.45, 7) is 0.214. The van der Waals surface area contributed by atoms with Crippen LogP contribution in [0.2, 0.25) is 0 Å². The SMILES string of the molecule is O=C(/C=C/C=C/c1ccc2c(c1)OCO2)NC(Cc1c[nH]c2ccccc12)C(=O)O. The van der Waals surface area contributed by atoms with Crippen molar-refractivity contribution in [1.29, 1.82) is 0 Å². The molecule has 0 radical (unpaired) electrons. The third kappa shape index (κ3) is 4.35. The summed E-state index contributed by atoms with van der Waals surface area (Å²) in [6, 6.07) is 12.1. The Morgan fingerprint density at radius 2 is 1.97 bits per heavy atom. The number of carboxylic acid groups (broad SMARTS) is 1. The van der Waals surface area contributed by atoms with Gasteiger partial charge in [0, 0.05) is 29.6 Å². The van der Waals surface area contributed by atoms with E-state index in [0.717, 1.165) is 22.0 Å². The van der Waals surface area contributed by atoms with Crippen LogP contribution in [0, 0.1) is 0 Å². The summed E-state index contributed by atoms with van der Waals surface area (Å²) in [4.78, 5) is 26.9. The third-order valence-corrected chi connectivity index (χ3v) is 4.76. The minimum Gasteiger partial charge on any atom is -0.480 e. The van der Waals surface area contributed by atoms with Crippen molar-refractivity contribution in [3.8, 4) is 11.5 Å². The number of amides is 1. The van der Waals surface area contributed by atoms with Crippen molar-refractivity contribution in [1.82, 2.24) is 10.3 Å². The Kier molecular flexibility index (Phi) is 5.52. The largest absolute Gasteiger partial charge is 0.480 e. The van der Waals surface area contributed by atoms with Crippen LogP contribution in [0.3, 0.4) is 0 Å². The fourth-order valence-corrected chi connectivity index (χ4v) is 3.27. The van der Waals surface area contributed by atoms with Crippen LogP contribution in [0.5, 0.6) is 11.5 Å². The summed E-state index contributed by atoms with van der Waals surface area (Å²) >= 11 is 0. The number of allylic oxidation sites excluding steroid dienone is 2. The van der Waals surface area contributed by atoms with Gasteiger partial charge in [-0.15, -0.1) is 0 Å². The van der Waals surface area contributed by atoms with Crippen LogP contribution in [0.4, 0.5) is 0 Å². The van der Waals surface area contributed by atoms with Crippen molar-refractivity contribution in [3.05, 3.63) is 78.0 Å². The van der Waals surface area contributed by atoms with Crippen LogP contribution in [0.1, 0.15) is 11.1 Å². The number of benzene rings is 2. The molecule has 0 fully saturated rings. The zero-order chi connectivity index (χ0) is 20.9. The lowest BCUT2D eigenvalue weighted by molar-refractivity contribution is -0.141. The minimum absolute atomic E-state index is 0.186. The first kappa shape index (κ1) is 19.3. The quantitative estimate of drug-likeness (QED) is 0.414. The number of aromatic amines is 1. The van der Waals surface area contributed by atoms with E-state index in [1.54, 1.807) is 18.3 Å². The van der Waals surface area contributed by atoms with Crippen molar-refractivity contribution in [2.75, 3.05) is 6.79 Å². The maximum absolute atomic E-state index is 12.2. The average molecular weight is 404 g/mol. The lowest BCUT2D eigenvalue weighted by Gasteiger charge is -2.12. The van der Waals surface area contributed by atoms with Gasteiger partial charge in [0.05, 0.1) is 0 Å². The molecular formula is C23H20N2O5. The molecule has 1 amide bonds. The smallest absolute Gasteiger partial charge is 0.326 e. The molecule has 3 N–H and O–H groups in total. The van der Waals surface area contributed by atoms with Gasteiger partial charge in [-0.1, -0.05) is 42.5 Å². The zero-order valence-corrected chi connectivity index (χ0v) is 16.0. The Morgan fingerprint density at radius 3 is 2.83 bits per heavy atom. The highest BCUT2D eigenvalue weighted by molar-refractivity contribution is 5.92. The van der Waals surface area contributed by atoms with Crippen LogP contribution in [-0.2, 0) is 16.0 Å². The van der Waals surface area contributed by atoms with Gasteiger partial charge in [0.25, 0.3) is 0 Å². The number of H-pyrrole nitrogens is 1. The number of carboxylic acids is 1. The molecule has 0 aliphatic carbocycles. The van der Waals surface area contributed by atoms with Crippen molar-refractivity contribution in [3.63, 3.8) is 0 Å². The van der Waals surface area contributed by atoms with Crippen molar-refractivity contribution >= 4 is 28.9 Å². The van der Waals surface area contributed by atoms with Crippen molar-refractivity contribution < 1.29 is 24.2 Å². The number of rotatable bonds is 7. The van der Waals surface area contributed by atoms with Crippen LogP contribution >= 0.6 is 0 Å². The molecule has 0 spiro atoms. The van der Waals surface area contributed by atoms with Crippen molar-refractivity contribution in [2.45, 2.75) is 12.5 Å². The highest BCUT2D eigenvalue weighted by Gasteiger charge is 2.21. The van der Waals surface area contributed by atoms with Gasteiger partial charge in [-0.2, -0.15) is 0 Å². The number of nitrogens with one attached hydrogen (secondary N) is 2. The average Bonchev–Trinajstić information content (AvgIpc) is 3.37. The highest BCUT2D eigenvalue weighted by atomic mass is 16.7. The van der Waals surface area contributed by atoms with Crippen LogP contribution in [0.25, 0.3) is 17.0 Å². The second-order valence-corrected chi connectivity index (χ2v) is 6.79. The zero-order valence-electron chi connectivity index (χ0n) is 16.0. The maximum Gasteiger partial charge on any atom is 0.326 e. The molecular weight excluding hydrogens is 384 g/mol. The molecule has 0 saturated heterocycles. The van der Waals surface area contributed by atoms with Gasteiger partial charge in [-0.25, -0.2) is 4.79 Å². The number of aromatic nitrogens is 1. The van der Waals surface area contributed by atoms with Crippen LogP contribution < -0.4 is 14.8 Å². The molecule has 1 aliphatic rings. The molecule has 7 heteroatoms.